The van der Waals surface area contributed by atoms with Gasteiger partial charge in [0, 0.05) is 13.0 Å². The van der Waals surface area contributed by atoms with E-state index in [-0.39, 0.29) is 38.0 Å². The number of aromatic nitrogens is 1. The molecule has 1 aliphatic heterocycles. The lowest BCUT2D eigenvalue weighted by Gasteiger charge is -2.19. The third-order valence-corrected chi connectivity index (χ3v) is 7.32. The van der Waals surface area contributed by atoms with Crippen molar-refractivity contribution in [2.75, 3.05) is 9.62 Å². The SMILES string of the molecule is Cc1cccc(N2C(=O)c3c(Cl)ccc(NS(=O)(=O)c4ccc(C(C)(C)C)cc4)c3C2=O)[n+]1O. The van der Waals surface area contributed by atoms with Crippen molar-refractivity contribution < 1.29 is 27.9 Å². The summed E-state index contributed by atoms with van der Waals surface area (Å²) < 4.78 is 29.3. The molecule has 10 heteroatoms. The van der Waals surface area contributed by atoms with Gasteiger partial charge in [0.05, 0.1) is 15.6 Å². The first-order valence-electron chi connectivity index (χ1n) is 10.4. The second-order valence-electron chi connectivity index (χ2n) is 9.01. The van der Waals surface area contributed by atoms with Crippen molar-refractivity contribution in [3.05, 3.63) is 82.0 Å². The Kier molecular flexibility index (Phi) is 5.65. The number of imide groups is 1. The van der Waals surface area contributed by atoms with Crippen LogP contribution in [0.1, 0.15) is 52.7 Å². The molecule has 0 bridgehead atoms. The molecule has 0 radical (unpaired) electrons. The van der Waals surface area contributed by atoms with Gasteiger partial charge in [-0.15, -0.1) is 4.90 Å². The van der Waals surface area contributed by atoms with Crippen LogP contribution in [0.15, 0.2) is 59.5 Å². The average molecular weight is 501 g/mol. The summed E-state index contributed by atoms with van der Waals surface area (Å²) in [4.78, 5) is 27.2. The highest BCUT2D eigenvalue weighted by molar-refractivity contribution is 7.92. The number of halogens is 1. The minimum Gasteiger partial charge on any atom is -0.349 e. The van der Waals surface area contributed by atoms with E-state index < -0.39 is 21.8 Å². The highest BCUT2D eigenvalue weighted by Crippen LogP contribution is 2.37. The lowest BCUT2D eigenvalue weighted by atomic mass is 9.87. The van der Waals surface area contributed by atoms with Crippen LogP contribution >= 0.6 is 11.6 Å². The van der Waals surface area contributed by atoms with Gasteiger partial charge in [-0.05, 0) is 52.1 Å². The number of sulfonamides is 1. The summed E-state index contributed by atoms with van der Waals surface area (Å²) in [6.45, 7) is 7.65. The molecule has 176 valence electrons. The van der Waals surface area contributed by atoms with E-state index in [0.29, 0.717) is 10.4 Å². The third kappa shape index (κ3) is 3.91. The largest absolute Gasteiger partial charge is 0.352 e. The van der Waals surface area contributed by atoms with Gasteiger partial charge in [0.25, 0.3) is 10.0 Å². The topological polar surface area (TPSA) is 108 Å². The third-order valence-electron chi connectivity index (χ3n) is 5.63. The Balaban J connectivity index is 1.76. The zero-order valence-corrected chi connectivity index (χ0v) is 20.5. The summed E-state index contributed by atoms with van der Waals surface area (Å²) in [5.74, 6) is -1.67. The summed E-state index contributed by atoms with van der Waals surface area (Å²) >= 11 is 6.23. The number of carbonyl (C=O) groups excluding carboxylic acids is 2. The highest BCUT2D eigenvalue weighted by Gasteiger charge is 2.49. The molecule has 2 heterocycles. The van der Waals surface area contributed by atoms with Gasteiger partial charge in [0.1, 0.15) is 16.8 Å². The summed E-state index contributed by atoms with van der Waals surface area (Å²) in [7, 11) is -4.08. The van der Waals surface area contributed by atoms with Crippen LogP contribution in [0, 0.1) is 6.92 Å². The molecule has 0 aliphatic carbocycles. The first kappa shape index (κ1) is 23.7. The molecule has 2 amide bonds. The maximum absolute atomic E-state index is 13.3. The van der Waals surface area contributed by atoms with Crippen molar-refractivity contribution in [2.24, 2.45) is 0 Å². The van der Waals surface area contributed by atoms with E-state index in [4.69, 9.17) is 11.6 Å². The van der Waals surface area contributed by atoms with Crippen LogP contribution in [0.4, 0.5) is 11.5 Å². The summed E-state index contributed by atoms with van der Waals surface area (Å²) in [6.07, 6.45) is 0. The molecule has 34 heavy (non-hydrogen) atoms. The zero-order chi connectivity index (χ0) is 25.0. The van der Waals surface area contributed by atoms with E-state index in [2.05, 4.69) is 4.72 Å². The van der Waals surface area contributed by atoms with Gasteiger partial charge >= 0.3 is 17.6 Å². The molecule has 0 spiro atoms. The van der Waals surface area contributed by atoms with Gasteiger partial charge in [0.2, 0.25) is 0 Å². The number of hydrogen-bond donors (Lipinski definition) is 2. The molecular formula is C24H23ClN3O5S+. The van der Waals surface area contributed by atoms with E-state index in [9.17, 15) is 23.2 Å². The number of pyridine rings is 1. The fourth-order valence-electron chi connectivity index (χ4n) is 3.72. The van der Waals surface area contributed by atoms with Crippen LogP contribution in [0.3, 0.4) is 0 Å². The quantitative estimate of drug-likeness (QED) is 0.319. The second kappa shape index (κ2) is 8.11. The van der Waals surface area contributed by atoms with Crippen LogP contribution in [0.5, 0.6) is 0 Å². The Labute approximate surface area is 202 Å². The monoisotopic (exact) mass is 500 g/mol. The molecule has 8 nitrogen and oxygen atoms in total. The number of amides is 2. The van der Waals surface area contributed by atoms with Gasteiger partial charge in [-0.1, -0.05) is 44.5 Å². The number of nitrogens with one attached hydrogen (secondary N) is 1. The van der Waals surface area contributed by atoms with Crippen LogP contribution in [-0.4, -0.2) is 25.4 Å². The number of hydrogen-bond acceptors (Lipinski definition) is 5. The molecule has 2 N–H and O–H groups in total. The van der Waals surface area contributed by atoms with Gasteiger partial charge in [-0.25, -0.2) is 18.0 Å². The Bertz CT molecular complexity index is 1440. The number of rotatable bonds is 4. The lowest BCUT2D eigenvalue weighted by molar-refractivity contribution is -0.898. The molecule has 0 fully saturated rings. The maximum atomic E-state index is 13.3. The molecule has 4 rings (SSSR count). The predicted octanol–water partition coefficient (Wildman–Crippen LogP) is 4.07. The Hall–Kier alpha value is -3.43. The highest BCUT2D eigenvalue weighted by atomic mass is 35.5. The number of nitrogens with zero attached hydrogens (tertiary/aromatic N) is 2. The number of fused-ring (bicyclic) bond motifs is 1. The average Bonchev–Trinajstić information content (AvgIpc) is 3.03. The first-order valence-corrected chi connectivity index (χ1v) is 12.2. The summed E-state index contributed by atoms with van der Waals surface area (Å²) in [6, 6.07) is 13.7. The Morgan fingerprint density at radius 2 is 1.56 bits per heavy atom. The van der Waals surface area contributed by atoms with Crippen molar-refractivity contribution in [3.63, 3.8) is 0 Å². The number of carbonyl (C=O) groups is 2. The molecule has 2 aromatic carbocycles. The molecule has 0 saturated carbocycles. The van der Waals surface area contributed by atoms with Crippen LogP contribution in [0.25, 0.3) is 0 Å². The van der Waals surface area contributed by atoms with Crippen molar-refractivity contribution in [2.45, 2.75) is 38.0 Å². The maximum Gasteiger partial charge on any atom is 0.352 e. The fraction of sp³-hybridized carbons (Fsp3) is 0.208. The molecule has 3 aromatic rings. The van der Waals surface area contributed by atoms with Gasteiger partial charge in [-0.3, -0.25) is 4.72 Å². The fourth-order valence-corrected chi connectivity index (χ4v) is 5.03. The van der Waals surface area contributed by atoms with E-state index >= 15 is 0 Å². The van der Waals surface area contributed by atoms with Crippen LogP contribution in [-0.2, 0) is 15.4 Å². The predicted molar refractivity (Wildman–Crippen MR) is 127 cm³/mol. The molecule has 1 aliphatic rings. The molecule has 0 unspecified atom stereocenters. The van der Waals surface area contributed by atoms with Gasteiger partial charge in [-0.2, -0.15) is 0 Å². The zero-order valence-electron chi connectivity index (χ0n) is 19.0. The normalized spacial score (nSPS) is 13.9. The van der Waals surface area contributed by atoms with Crippen LogP contribution in [0.2, 0.25) is 5.02 Å². The van der Waals surface area contributed by atoms with E-state index in [1.54, 1.807) is 31.2 Å². The molecule has 0 atom stereocenters. The smallest absolute Gasteiger partial charge is 0.349 e. The Morgan fingerprint density at radius 3 is 2.18 bits per heavy atom. The van der Waals surface area contributed by atoms with Gasteiger partial charge < -0.3 is 5.21 Å². The lowest BCUT2D eigenvalue weighted by Crippen LogP contribution is -2.44. The molecule has 0 saturated heterocycles. The standard InChI is InChI=1S/C24H22ClN3O5S/c1-14-6-5-7-19(28(14)31)27-22(29)20-17(25)12-13-18(21(20)23(27)30)26-34(32,33)16-10-8-15(9-11-16)24(2,3)4/h5-13H,1-4H3,(H-,26,30,31)/p+1. The minimum atomic E-state index is -4.08. The van der Waals surface area contributed by atoms with Gasteiger partial charge in [0.15, 0.2) is 0 Å². The minimum absolute atomic E-state index is 0.00436. The van der Waals surface area contributed by atoms with Crippen molar-refractivity contribution in [1.29, 1.82) is 0 Å². The van der Waals surface area contributed by atoms with Crippen LogP contribution < -0.4 is 14.4 Å². The number of benzene rings is 2. The number of aryl methyl sites for hydroxylation is 1. The summed E-state index contributed by atoms with van der Waals surface area (Å²) in [5.41, 5.74) is 0.788. The van der Waals surface area contributed by atoms with Crippen molar-refractivity contribution in [1.82, 2.24) is 0 Å². The number of anilines is 2. The van der Waals surface area contributed by atoms with Crippen molar-refractivity contribution in [3.8, 4) is 0 Å². The van der Waals surface area contributed by atoms with E-state index in [1.165, 1.54) is 30.3 Å². The van der Waals surface area contributed by atoms with Crippen molar-refractivity contribution >= 4 is 44.9 Å². The van der Waals surface area contributed by atoms with E-state index in [1.807, 2.05) is 20.8 Å². The summed E-state index contributed by atoms with van der Waals surface area (Å²) in [5, 5.41) is 10.3. The second-order valence-corrected chi connectivity index (χ2v) is 11.1. The molecule has 1 aromatic heterocycles. The Morgan fingerprint density at radius 1 is 0.941 bits per heavy atom. The van der Waals surface area contributed by atoms with E-state index in [0.717, 1.165) is 10.5 Å². The first-order chi connectivity index (χ1) is 15.8. The molecular weight excluding hydrogens is 478 g/mol.